The van der Waals surface area contributed by atoms with Gasteiger partial charge in [-0.2, -0.15) is 0 Å². The molecule has 0 aliphatic heterocycles. The molecule has 0 aromatic heterocycles. The zero-order chi connectivity index (χ0) is 14.8. The molecule has 0 atom stereocenters. The van der Waals surface area contributed by atoms with Gasteiger partial charge in [0.15, 0.2) is 9.84 Å². The summed E-state index contributed by atoms with van der Waals surface area (Å²) in [6.45, 7) is 0. The van der Waals surface area contributed by atoms with Crippen LogP contribution in [0.25, 0.3) is 0 Å². The zero-order valence-corrected chi connectivity index (χ0v) is 12.2. The number of hydrogen-bond acceptors (Lipinski definition) is 3. The van der Waals surface area contributed by atoms with Crippen LogP contribution in [0.15, 0.2) is 53.4 Å². The number of amides is 1. The van der Waals surface area contributed by atoms with Crippen molar-refractivity contribution in [1.29, 1.82) is 0 Å². The fraction of sp³-hybridized carbons (Fsp3) is 0.0714. The average Bonchev–Trinajstić information content (AvgIpc) is 2.40. The third-order valence-corrected chi connectivity index (χ3v) is 4.14. The third-order valence-electron chi connectivity index (χ3n) is 2.65. The molecule has 2 rings (SSSR count). The lowest BCUT2D eigenvalue weighted by Gasteiger charge is -2.09. The topological polar surface area (TPSA) is 63.2 Å². The van der Waals surface area contributed by atoms with Crippen molar-refractivity contribution < 1.29 is 13.2 Å². The standard InChI is InChI=1S/C14H12ClNO3S/c1-20(18,19)13-9-5-2-6-10(13)14(17)16-12-8-4-3-7-11(12)15/h2-9H,1H3,(H,16,17). The lowest BCUT2D eigenvalue weighted by Crippen LogP contribution is -2.16. The van der Waals surface area contributed by atoms with Gasteiger partial charge in [0, 0.05) is 6.26 Å². The maximum Gasteiger partial charge on any atom is 0.257 e. The number of rotatable bonds is 3. The van der Waals surface area contributed by atoms with Gasteiger partial charge in [-0.1, -0.05) is 35.9 Å². The number of anilines is 1. The van der Waals surface area contributed by atoms with E-state index in [0.717, 1.165) is 6.26 Å². The summed E-state index contributed by atoms with van der Waals surface area (Å²) in [5.41, 5.74) is 0.525. The van der Waals surface area contributed by atoms with Gasteiger partial charge in [-0.3, -0.25) is 4.79 Å². The second-order valence-corrected chi connectivity index (χ2v) is 6.59. The van der Waals surface area contributed by atoms with E-state index in [4.69, 9.17) is 11.6 Å². The smallest absolute Gasteiger partial charge is 0.257 e. The molecule has 0 heterocycles. The first-order valence-electron chi connectivity index (χ1n) is 5.74. The van der Waals surface area contributed by atoms with Gasteiger partial charge in [0.25, 0.3) is 5.91 Å². The van der Waals surface area contributed by atoms with Crippen molar-refractivity contribution in [3.05, 3.63) is 59.1 Å². The number of sulfone groups is 1. The SMILES string of the molecule is CS(=O)(=O)c1ccccc1C(=O)Nc1ccccc1Cl. The molecule has 6 heteroatoms. The molecule has 4 nitrogen and oxygen atoms in total. The van der Waals surface area contributed by atoms with Gasteiger partial charge in [-0.05, 0) is 24.3 Å². The van der Waals surface area contributed by atoms with E-state index >= 15 is 0 Å². The minimum absolute atomic E-state index is 0.00967. The summed E-state index contributed by atoms with van der Waals surface area (Å²) in [5.74, 6) is -0.515. The van der Waals surface area contributed by atoms with Crippen LogP contribution in [0.2, 0.25) is 5.02 Å². The van der Waals surface area contributed by atoms with Crippen LogP contribution in [0.4, 0.5) is 5.69 Å². The Bertz CT molecular complexity index is 757. The largest absolute Gasteiger partial charge is 0.321 e. The highest BCUT2D eigenvalue weighted by atomic mass is 35.5. The van der Waals surface area contributed by atoms with Gasteiger partial charge in [0.1, 0.15) is 0 Å². The molecule has 0 aliphatic rings. The first-order chi connectivity index (χ1) is 9.39. The summed E-state index contributed by atoms with van der Waals surface area (Å²) in [4.78, 5) is 12.2. The summed E-state index contributed by atoms with van der Waals surface area (Å²) < 4.78 is 23.3. The molecule has 1 N–H and O–H groups in total. The van der Waals surface area contributed by atoms with Crippen LogP contribution in [-0.4, -0.2) is 20.6 Å². The van der Waals surface area contributed by atoms with E-state index in [1.807, 2.05) is 0 Å². The van der Waals surface area contributed by atoms with Crippen LogP contribution >= 0.6 is 11.6 Å². The summed E-state index contributed by atoms with van der Waals surface area (Å²) in [6, 6.07) is 12.8. The monoisotopic (exact) mass is 309 g/mol. The van der Waals surface area contributed by atoms with Gasteiger partial charge in [0.05, 0.1) is 21.2 Å². The molecule has 0 radical (unpaired) electrons. The van der Waals surface area contributed by atoms with Gasteiger partial charge < -0.3 is 5.32 Å². The van der Waals surface area contributed by atoms with E-state index in [2.05, 4.69) is 5.32 Å². The van der Waals surface area contributed by atoms with Crippen molar-refractivity contribution in [1.82, 2.24) is 0 Å². The molecular weight excluding hydrogens is 298 g/mol. The molecule has 2 aromatic rings. The van der Waals surface area contributed by atoms with Gasteiger partial charge in [-0.25, -0.2) is 8.42 Å². The van der Waals surface area contributed by atoms with Crippen LogP contribution in [0.1, 0.15) is 10.4 Å². The van der Waals surface area contributed by atoms with Crippen LogP contribution in [-0.2, 0) is 9.84 Å². The lowest BCUT2D eigenvalue weighted by molar-refractivity contribution is 0.102. The average molecular weight is 310 g/mol. The predicted molar refractivity (Wildman–Crippen MR) is 79.0 cm³/mol. The maximum atomic E-state index is 12.2. The van der Waals surface area contributed by atoms with Crippen molar-refractivity contribution >= 4 is 33.0 Å². The molecule has 104 valence electrons. The molecule has 1 amide bonds. The van der Waals surface area contributed by atoms with Crippen LogP contribution in [0.3, 0.4) is 0 Å². The van der Waals surface area contributed by atoms with Gasteiger partial charge in [0.2, 0.25) is 0 Å². The fourth-order valence-electron chi connectivity index (χ4n) is 1.73. The van der Waals surface area contributed by atoms with Gasteiger partial charge in [-0.15, -0.1) is 0 Å². The number of benzene rings is 2. The number of hydrogen-bond donors (Lipinski definition) is 1. The normalized spacial score (nSPS) is 11.1. The molecule has 0 spiro atoms. The highest BCUT2D eigenvalue weighted by Gasteiger charge is 2.18. The molecular formula is C14H12ClNO3S. The number of halogens is 1. The van der Waals surface area contributed by atoms with Crippen molar-refractivity contribution in [3.63, 3.8) is 0 Å². The Balaban J connectivity index is 2.39. The molecule has 0 saturated heterocycles. The zero-order valence-electron chi connectivity index (χ0n) is 10.6. The van der Waals surface area contributed by atoms with Crippen LogP contribution in [0, 0.1) is 0 Å². The van der Waals surface area contributed by atoms with E-state index in [9.17, 15) is 13.2 Å². The number of carbonyl (C=O) groups excluding carboxylic acids is 1. The molecule has 0 aliphatic carbocycles. The minimum Gasteiger partial charge on any atom is -0.321 e. The lowest BCUT2D eigenvalue weighted by atomic mass is 10.2. The number of carbonyl (C=O) groups is 1. The molecule has 2 aromatic carbocycles. The minimum atomic E-state index is -3.47. The van der Waals surface area contributed by atoms with Crippen molar-refractivity contribution in [3.8, 4) is 0 Å². The maximum absolute atomic E-state index is 12.2. The Morgan fingerprint density at radius 3 is 2.30 bits per heavy atom. The van der Waals surface area contributed by atoms with E-state index in [1.165, 1.54) is 12.1 Å². The first kappa shape index (κ1) is 14.6. The van der Waals surface area contributed by atoms with E-state index in [0.29, 0.717) is 10.7 Å². The molecule has 0 saturated carbocycles. The molecule has 0 fully saturated rings. The Morgan fingerprint density at radius 1 is 1.05 bits per heavy atom. The van der Waals surface area contributed by atoms with Crippen molar-refractivity contribution in [2.75, 3.05) is 11.6 Å². The second kappa shape index (κ2) is 5.64. The van der Waals surface area contributed by atoms with Crippen molar-refractivity contribution in [2.45, 2.75) is 4.90 Å². The Morgan fingerprint density at radius 2 is 1.65 bits per heavy atom. The van der Waals surface area contributed by atoms with E-state index in [1.54, 1.807) is 36.4 Å². The Hall–Kier alpha value is -1.85. The first-order valence-corrected chi connectivity index (χ1v) is 8.01. The summed E-state index contributed by atoms with van der Waals surface area (Å²) in [5, 5.41) is 2.99. The summed E-state index contributed by atoms with van der Waals surface area (Å²) >= 11 is 5.95. The van der Waals surface area contributed by atoms with Crippen LogP contribution in [0.5, 0.6) is 0 Å². The molecule has 0 unspecified atom stereocenters. The van der Waals surface area contributed by atoms with Crippen LogP contribution < -0.4 is 5.32 Å². The number of para-hydroxylation sites is 1. The van der Waals surface area contributed by atoms with E-state index < -0.39 is 15.7 Å². The second-order valence-electron chi connectivity index (χ2n) is 4.20. The quantitative estimate of drug-likeness (QED) is 0.948. The highest BCUT2D eigenvalue weighted by Crippen LogP contribution is 2.22. The molecule has 0 bridgehead atoms. The fourth-order valence-corrected chi connectivity index (χ4v) is 2.80. The number of nitrogens with one attached hydrogen (secondary N) is 1. The van der Waals surface area contributed by atoms with Gasteiger partial charge >= 0.3 is 0 Å². The van der Waals surface area contributed by atoms with E-state index in [-0.39, 0.29) is 10.5 Å². The highest BCUT2D eigenvalue weighted by molar-refractivity contribution is 7.90. The molecule has 20 heavy (non-hydrogen) atoms. The summed E-state index contributed by atoms with van der Waals surface area (Å²) in [6.07, 6.45) is 1.06. The third kappa shape index (κ3) is 3.18. The predicted octanol–water partition coefficient (Wildman–Crippen LogP) is 3.00. The Kier molecular flexibility index (Phi) is 4.11. The summed E-state index contributed by atoms with van der Waals surface area (Å²) in [7, 11) is -3.47. The Labute approximate surface area is 122 Å². The van der Waals surface area contributed by atoms with Crippen molar-refractivity contribution in [2.24, 2.45) is 0 Å².